The van der Waals surface area contributed by atoms with Crippen LogP contribution in [0.5, 0.6) is 0 Å². The Balaban J connectivity index is 2.35. The molecule has 1 heterocycles. The van der Waals surface area contributed by atoms with Crippen molar-refractivity contribution in [3.8, 4) is 0 Å². The second-order valence-electron chi connectivity index (χ2n) is 4.47. The van der Waals surface area contributed by atoms with Gasteiger partial charge >= 0.3 is 5.97 Å². The molecule has 0 amide bonds. The van der Waals surface area contributed by atoms with Crippen molar-refractivity contribution in [2.24, 2.45) is 0 Å². The molecule has 1 fully saturated rings. The van der Waals surface area contributed by atoms with E-state index in [1.54, 1.807) is 12.1 Å². The van der Waals surface area contributed by atoms with E-state index in [4.69, 9.17) is 9.84 Å². The molecule has 0 bridgehead atoms. The molecule has 1 aromatic rings. The van der Waals surface area contributed by atoms with Crippen molar-refractivity contribution >= 4 is 5.97 Å². The molecular formula is C13H15FO3. The summed E-state index contributed by atoms with van der Waals surface area (Å²) in [5.74, 6) is -1.17. The minimum atomic E-state index is -0.851. The second kappa shape index (κ2) is 4.84. The average Bonchev–Trinajstić information content (AvgIpc) is 2.29. The van der Waals surface area contributed by atoms with Crippen molar-refractivity contribution in [1.82, 2.24) is 0 Å². The fourth-order valence-electron chi connectivity index (χ4n) is 2.44. The molecular weight excluding hydrogens is 223 g/mol. The van der Waals surface area contributed by atoms with Gasteiger partial charge in [-0.15, -0.1) is 0 Å². The highest BCUT2D eigenvalue weighted by molar-refractivity contribution is 5.69. The van der Waals surface area contributed by atoms with Crippen molar-refractivity contribution in [3.63, 3.8) is 0 Å². The number of carbonyl (C=O) groups is 1. The van der Waals surface area contributed by atoms with Gasteiger partial charge in [0.05, 0.1) is 6.42 Å². The lowest BCUT2D eigenvalue weighted by molar-refractivity contribution is -0.139. The van der Waals surface area contributed by atoms with Gasteiger partial charge in [0.25, 0.3) is 0 Å². The molecule has 0 radical (unpaired) electrons. The predicted molar refractivity (Wildman–Crippen MR) is 60.4 cm³/mol. The molecule has 0 saturated carbocycles. The van der Waals surface area contributed by atoms with Gasteiger partial charge in [0, 0.05) is 18.6 Å². The van der Waals surface area contributed by atoms with Gasteiger partial charge in [-0.25, -0.2) is 4.39 Å². The van der Waals surface area contributed by atoms with Crippen molar-refractivity contribution in [2.45, 2.75) is 24.7 Å². The molecule has 2 rings (SSSR count). The number of halogens is 1. The minimum absolute atomic E-state index is 0.0276. The Labute approximate surface area is 99.2 Å². The van der Waals surface area contributed by atoms with E-state index in [-0.39, 0.29) is 12.2 Å². The number of ether oxygens (including phenoxy) is 1. The normalized spacial score (nSPS) is 18.9. The molecule has 1 aliphatic rings. The first-order valence-electron chi connectivity index (χ1n) is 5.68. The third-order valence-corrected chi connectivity index (χ3v) is 3.38. The number of hydrogen-bond acceptors (Lipinski definition) is 2. The number of benzene rings is 1. The number of hydrogen-bond donors (Lipinski definition) is 1. The summed E-state index contributed by atoms with van der Waals surface area (Å²) in [6.45, 7) is 1.06. The summed E-state index contributed by atoms with van der Waals surface area (Å²) in [5.41, 5.74) is 0.287. The van der Waals surface area contributed by atoms with Gasteiger partial charge in [-0.2, -0.15) is 0 Å². The second-order valence-corrected chi connectivity index (χ2v) is 4.47. The van der Waals surface area contributed by atoms with Crippen LogP contribution < -0.4 is 0 Å². The lowest BCUT2D eigenvalue weighted by Crippen LogP contribution is -2.36. The van der Waals surface area contributed by atoms with Crippen LogP contribution in [0.25, 0.3) is 0 Å². The van der Waals surface area contributed by atoms with Crippen LogP contribution in [0.4, 0.5) is 4.39 Å². The standard InChI is InChI=1S/C13H15FO3/c14-11-3-1-2-10(8-11)13(9-12(15)16)4-6-17-7-5-13/h1-3,8H,4-7,9H2,(H,15,16). The van der Waals surface area contributed by atoms with Crippen LogP contribution >= 0.6 is 0 Å². The molecule has 0 atom stereocenters. The first-order chi connectivity index (χ1) is 8.12. The van der Waals surface area contributed by atoms with Gasteiger partial charge in [-0.05, 0) is 30.5 Å². The minimum Gasteiger partial charge on any atom is -0.481 e. The number of rotatable bonds is 3. The zero-order chi connectivity index (χ0) is 12.3. The smallest absolute Gasteiger partial charge is 0.304 e. The van der Waals surface area contributed by atoms with E-state index in [2.05, 4.69) is 0 Å². The predicted octanol–water partition coefficient (Wildman–Crippen LogP) is 2.35. The van der Waals surface area contributed by atoms with E-state index in [0.717, 1.165) is 5.56 Å². The lowest BCUT2D eigenvalue weighted by atomic mass is 9.72. The molecule has 0 aliphatic carbocycles. The maximum absolute atomic E-state index is 13.3. The quantitative estimate of drug-likeness (QED) is 0.879. The van der Waals surface area contributed by atoms with E-state index in [1.165, 1.54) is 12.1 Å². The number of carboxylic acids is 1. The highest BCUT2D eigenvalue weighted by Crippen LogP contribution is 2.38. The summed E-state index contributed by atoms with van der Waals surface area (Å²) in [5, 5.41) is 9.03. The Morgan fingerprint density at radius 3 is 2.71 bits per heavy atom. The molecule has 0 spiro atoms. The monoisotopic (exact) mass is 238 g/mol. The molecule has 1 aromatic carbocycles. The van der Waals surface area contributed by atoms with Crippen LogP contribution in [0.3, 0.4) is 0 Å². The van der Waals surface area contributed by atoms with Gasteiger partial charge in [-0.3, -0.25) is 4.79 Å². The fourth-order valence-corrected chi connectivity index (χ4v) is 2.44. The van der Waals surface area contributed by atoms with E-state index in [9.17, 15) is 9.18 Å². The SMILES string of the molecule is O=C(O)CC1(c2cccc(F)c2)CCOCC1. The number of carboxylic acid groups (broad SMARTS) is 1. The molecule has 1 saturated heterocycles. The van der Waals surface area contributed by atoms with Gasteiger partial charge in [0.1, 0.15) is 5.82 Å². The summed E-state index contributed by atoms with van der Waals surface area (Å²) in [7, 11) is 0. The number of aliphatic carboxylic acids is 1. The molecule has 1 N–H and O–H groups in total. The van der Waals surface area contributed by atoms with Gasteiger partial charge < -0.3 is 9.84 Å². The molecule has 0 aromatic heterocycles. The van der Waals surface area contributed by atoms with E-state index in [1.807, 2.05) is 0 Å². The molecule has 3 nitrogen and oxygen atoms in total. The Kier molecular flexibility index (Phi) is 3.43. The highest BCUT2D eigenvalue weighted by Gasteiger charge is 2.36. The third-order valence-electron chi connectivity index (χ3n) is 3.38. The first kappa shape index (κ1) is 12.0. The van der Waals surface area contributed by atoms with E-state index < -0.39 is 11.4 Å². The van der Waals surface area contributed by atoms with Crippen molar-refractivity contribution in [2.75, 3.05) is 13.2 Å². The lowest BCUT2D eigenvalue weighted by Gasteiger charge is -2.36. The van der Waals surface area contributed by atoms with Gasteiger partial charge in [0.15, 0.2) is 0 Å². The molecule has 17 heavy (non-hydrogen) atoms. The zero-order valence-electron chi connectivity index (χ0n) is 9.49. The first-order valence-corrected chi connectivity index (χ1v) is 5.68. The van der Waals surface area contributed by atoms with Gasteiger partial charge in [-0.1, -0.05) is 12.1 Å². The summed E-state index contributed by atoms with van der Waals surface area (Å²) in [6, 6.07) is 6.24. The Morgan fingerprint density at radius 1 is 1.41 bits per heavy atom. The Morgan fingerprint density at radius 2 is 2.12 bits per heavy atom. The van der Waals surface area contributed by atoms with Gasteiger partial charge in [0.2, 0.25) is 0 Å². The molecule has 92 valence electrons. The molecule has 0 unspecified atom stereocenters. The summed E-state index contributed by atoms with van der Waals surface area (Å²) < 4.78 is 18.5. The van der Waals surface area contributed by atoms with Crippen molar-refractivity contribution in [1.29, 1.82) is 0 Å². The zero-order valence-corrected chi connectivity index (χ0v) is 9.49. The Bertz CT molecular complexity index is 411. The average molecular weight is 238 g/mol. The van der Waals surface area contributed by atoms with E-state index >= 15 is 0 Å². The highest BCUT2D eigenvalue weighted by atomic mass is 19.1. The fraction of sp³-hybridized carbons (Fsp3) is 0.462. The molecule has 1 aliphatic heterocycles. The topological polar surface area (TPSA) is 46.5 Å². The Hall–Kier alpha value is -1.42. The van der Waals surface area contributed by atoms with Crippen LogP contribution in [0.1, 0.15) is 24.8 Å². The van der Waals surface area contributed by atoms with E-state index in [0.29, 0.717) is 26.1 Å². The maximum Gasteiger partial charge on any atom is 0.304 e. The molecule has 4 heteroatoms. The van der Waals surface area contributed by atoms with Crippen LogP contribution in [-0.2, 0) is 14.9 Å². The van der Waals surface area contributed by atoms with Crippen molar-refractivity contribution < 1.29 is 19.0 Å². The summed E-state index contributed by atoms with van der Waals surface area (Å²) in [6.07, 6.45) is 1.28. The summed E-state index contributed by atoms with van der Waals surface area (Å²) in [4.78, 5) is 11.0. The largest absolute Gasteiger partial charge is 0.481 e. The third kappa shape index (κ3) is 2.64. The maximum atomic E-state index is 13.3. The van der Waals surface area contributed by atoms with Crippen LogP contribution in [0.2, 0.25) is 0 Å². The van der Waals surface area contributed by atoms with Crippen LogP contribution in [0.15, 0.2) is 24.3 Å². The van der Waals surface area contributed by atoms with Crippen molar-refractivity contribution in [3.05, 3.63) is 35.6 Å². The van der Waals surface area contributed by atoms with Crippen LogP contribution in [-0.4, -0.2) is 24.3 Å². The van der Waals surface area contributed by atoms with Crippen LogP contribution in [0, 0.1) is 5.82 Å². The summed E-state index contributed by atoms with van der Waals surface area (Å²) >= 11 is 0.